The molecule has 236 valence electrons. The summed E-state index contributed by atoms with van der Waals surface area (Å²) in [4.78, 5) is 36.1. The van der Waals surface area contributed by atoms with Crippen LogP contribution in [0.15, 0.2) is 87.6 Å². The van der Waals surface area contributed by atoms with E-state index in [2.05, 4.69) is 34.1 Å². The minimum absolute atomic E-state index is 0.119. The van der Waals surface area contributed by atoms with Crippen LogP contribution in [-0.2, 0) is 14.6 Å². The molecule has 1 spiro atoms. The lowest BCUT2D eigenvalue weighted by atomic mass is 9.86. The third kappa shape index (κ3) is 7.08. The van der Waals surface area contributed by atoms with Gasteiger partial charge in [-0.2, -0.15) is 0 Å². The van der Waals surface area contributed by atoms with Gasteiger partial charge in [0.2, 0.25) is 5.91 Å². The van der Waals surface area contributed by atoms with Gasteiger partial charge in [-0.05, 0) is 74.2 Å². The van der Waals surface area contributed by atoms with Crippen LogP contribution >= 0.6 is 23.4 Å². The second kappa shape index (κ2) is 13.2. The third-order valence-corrected chi connectivity index (χ3v) is 11.3. The molecule has 1 unspecified atom stereocenters. The summed E-state index contributed by atoms with van der Waals surface area (Å²) in [5.74, 6) is 0.936. The average molecular weight is 665 g/mol. The summed E-state index contributed by atoms with van der Waals surface area (Å²) in [5.41, 5.74) is 2.12. The maximum absolute atomic E-state index is 13.6. The van der Waals surface area contributed by atoms with E-state index < -0.39 is 9.84 Å². The van der Waals surface area contributed by atoms with E-state index >= 15 is 0 Å². The Morgan fingerprint density at radius 3 is 2.49 bits per heavy atom. The molecule has 3 aromatic carbocycles. The molecule has 0 saturated carbocycles. The first-order chi connectivity index (χ1) is 21.6. The maximum atomic E-state index is 13.6. The van der Waals surface area contributed by atoms with Gasteiger partial charge >= 0.3 is 0 Å². The lowest BCUT2D eigenvalue weighted by molar-refractivity contribution is -0.130. The molecule has 6 rings (SSSR count). The van der Waals surface area contributed by atoms with Crippen molar-refractivity contribution in [2.45, 2.75) is 48.6 Å². The minimum atomic E-state index is -3.46. The van der Waals surface area contributed by atoms with Gasteiger partial charge < -0.3 is 9.80 Å². The molecule has 11 heteroatoms. The zero-order chi connectivity index (χ0) is 31.6. The summed E-state index contributed by atoms with van der Waals surface area (Å²) < 4.78 is 25.8. The van der Waals surface area contributed by atoms with Gasteiger partial charge in [0.15, 0.2) is 15.0 Å². The van der Waals surface area contributed by atoms with Crippen molar-refractivity contribution in [1.29, 1.82) is 0 Å². The molecule has 45 heavy (non-hydrogen) atoms. The normalized spacial score (nSPS) is 18.4. The third-order valence-electron chi connectivity index (χ3n) is 8.92. The first kappa shape index (κ1) is 31.6. The Morgan fingerprint density at radius 1 is 0.933 bits per heavy atom. The molecule has 1 amide bonds. The van der Waals surface area contributed by atoms with Crippen molar-refractivity contribution in [1.82, 2.24) is 14.5 Å². The Kier molecular flexibility index (Phi) is 9.27. The number of halogens is 1. The highest BCUT2D eigenvalue weighted by molar-refractivity contribution is 7.99. The second-order valence-electron chi connectivity index (χ2n) is 12.2. The fourth-order valence-electron chi connectivity index (χ4n) is 6.47. The minimum Gasteiger partial charge on any atom is -0.371 e. The average Bonchev–Trinajstić information content (AvgIpc) is 3.65. The first-order valence-corrected chi connectivity index (χ1v) is 18.6. The van der Waals surface area contributed by atoms with Crippen molar-refractivity contribution in [3.05, 3.63) is 88.2 Å². The zero-order valence-electron chi connectivity index (χ0n) is 25.3. The number of aromatic nitrogens is 2. The molecular formula is C34H37ClN4O4S2. The fraction of sp³-hybridized carbons (Fsp3) is 0.382. The topological polar surface area (TPSA) is 92.6 Å². The second-order valence-corrected chi connectivity index (χ2v) is 15.7. The van der Waals surface area contributed by atoms with Gasteiger partial charge in [0.1, 0.15) is 0 Å². The largest absolute Gasteiger partial charge is 0.371 e. The molecular weight excluding hydrogens is 628 g/mol. The lowest BCUT2D eigenvalue weighted by Crippen LogP contribution is -2.34. The highest BCUT2D eigenvalue weighted by Crippen LogP contribution is 2.41. The van der Waals surface area contributed by atoms with Gasteiger partial charge in [-0.25, -0.2) is 13.4 Å². The number of hydrogen-bond donors (Lipinski definition) is 0. The van der Waals surface area contributed by atoms with E-state index in [9.17, 15) is 18.0 Å². The van der Waals surface area contributed by atoms with Crippen LogP contribution in [0.3, 0.4) is 0 Å². The SMILES string of the molecule is CS(=O)(=O)c1ccc2c(=O)n(-c3cccc(Cl)c3)c(SCCCCCC(=O)N3CCC4(CCN(c5ccccc5)C4)C3)nc2c1. The predicted octanol–water partition coefficient (Wildman–Crippen LogP) is 6.22. The molecule has 2 saturated heterocycles. The van der Waals surface area contributed by atoms with Crippen LogP contribution in [-0.4, -0.2) is 67.0 Å². The highest BCUT2D eigenvalue weighted by atomic mass is 35.5. The van der Waals surface area contributed by atoms with Crippen LogP contribution in [0, 0.1) is 5.41 Å². The summed E-state index contributed by atoms with van der Waals surface area (Å²) in [6.07, 6.45) is 6.41. The number of anilines is 1. The zero-order valence-corrected chi connectivity index (χ0v) is 27.7. The number of carbonyl (C=O) groups excluding carboxylic acids is 1. The fourth-order valence-corrected chi connectivity index (χ4v) is 8.30. The van der Waals surface area contributed by atoms with Gasteiger partial charge in [0.25, 0.3) is 5.56 Å². The van der Waals surface area contributed by atoms with Crippen LogP contribution in [0.4, 0.5) is 5.69 Å². The molecule has 0 aliphatic carbocycles. The molecule has 0 N–H and O–H groups in total. The summed E-state index contributed by atoms with van der Waals surface area (Å²) in [5, 5.41) is 1.30. The first-order valence-electron chi connectivity index (χ1n) is 15.4. The number of sulfone groups is 1. The Hall–Kier alpha value is -3.34. The Balaban J connectivity index is 1.05. The van der Waals surface area contributed by atoms with E-state index in [1.54, 1.807) is 24.3 Å². The number of rotatable bonds is 10. The monoisotopic (exact) mass is 664 g/mol. The number of benzene rings is 3. The van der Waals surface area contributed by atoms with E-state index in [-0.39, 0.29) is 21.8 Å². The molecule has 0 radical (unpaired) electrons. The molecule has 8 nitrogen and oxygen atoms in total. The number of para-hydroxylation sites is 1. The van der Waals surface area contributed by atoms with E-state index in [0.29, 0.717) is 38.9 Å². The van der Waals surface area contributed by atoms with Crippen molar-refractivity contribution >= 4 is 55.7 Å². The quantitative estimate of drug-likeness (QED) is 0.113. The van der Waals surface area contributed by atoms with Gasteiger partial charge in [-0.15, -0.1) is 0 Å². The van der Waals surface area contributed by atoms with Gasteiger partial charge in [-0.1, -0.05) is 54.0 Å². The number of likely N-dealkylation sites (tertiary alicyclic amines) is 1. The van der Waals surface area contributed by atoms with Crippen LogP contribution in [0.2, 0.25) is 5.02 Å². The molecule has 4 aromatic rings. The Morgan fingerprint density at radius 2 is 1.71 bits per heavy atom. The summed E-state index contributed by atoms with van der Waals surface area (Å²) in [7, 11) is -3.46. The number of carbonyl (C=O) groups is 1. The number of hydrogen-bond acceptors (Lipinski definition) is 7. The van der Waals surface area contributed by atoms with Gasteiger partial charge in [0, 0.05) is 60.7 Å². The van der Waals surface area contributed by atoms with Crippen LogP contribution in [0.1, 0.15) is 38.5 Å². The van der Waals surface area contributed by atoms with Gasteiger partial charge in [-0.3, -0.25) is 14.2 Å². The van der Waals surface area contributed by atoms with Crippen LogP contribution in [0.25, 0.3) is 16.6 Å². The molecule has 0 bridgehead atoms. The number of thioether (sulfide) groups is 1. The van der Waals surface area contributed by atoms with E-state index in [1.807, 2.05) is 6.07 Å². The Bertz CT molecular complexity index is 1880. The van der Waals surface area contributed by atoms with Crippen LogP contribution < -0.4 is 10.5 Å². The summed E-state index contributed by atoms with van der Waals surface area (Å²) >= 11 is 7.69. The summed E-state index contributed by atoms with van der Waals surface area (Å²) in [6.45, 7) is 3.74. The van der Waals surface area contributed by atoms with Crippen LogP contribution in [0.5, 0.6) is 0 Å². The Labute approximate surface area is 273 Å². The van der Waals surface area contributed by atoms with E-state index in [1.165, 1.54) is 40.2 Å². The maximum Gasteiger partial charge on any atom is 0.266 e. The number of amides is 1. The standard InChI is InChI=1S/C34H37ClN4O4S2/c1-45(42,43)28-14-15-29-30(22-28)36-33(39(32(29)41)27-12-8-9-25(35)21-27)44-20-7-3-6-13-31(40)38-19-17-34(24-38)16-18-37(23-34)26-10-4-2-5-11-26/h2,4-5,8-12,14-15,21-22H,3,6-7,13,16-20,23-24H2,1H3. The van der Waals surface area contributed by atoms with E-state index in [4.69, 9.17) is 16.6 Å². The van der Waals surface area contributed by atoms with Crippen molar-refractivity contribution < 1.29 is 13.2 Å². The van der Waals surface area contributed by atoms with Crippen molar-refractivity contribution in [2.75, 3.05) is 43.1 Å². The van der Waals surface area contributed by atoms with Crippen molar-refractivity contribution in [2.24, 2.45) is 5.41 Å². The van der Waals surface area contributed by atoms with Gasteiger partial charge in [0.05, 0.1) is 21.5 Å². The number of nitrogens with zero attached hydrogens (tertiary/aromatic N) is 4. The highest BCUT2D eigenvalue weighted by Gasteiger charge is 2.44. The molecule has 2 aliphatic heterocycles. The smallest absolute Gasteiger partial charge is 0.266 e. The van der Waals surface area contributed by atoms with Crippen molar-refractivity contribution in [3.8, 4) is 5.69 Å². The molecule has 3 heterocycles. The molecule has 1 atom stereocenters. The number of fused-ring (bicyclic) bond motifs is 1. The number of unbranched alkanes of at least 4 members (excludes halogenated alkanes) is 2. The summed E-state index contributed by atoms with van der Waals surface area (Å²) in [6, 6.07) is 22.0. The molecule has 2 aliphatic rings. The van der Waals surface area contributed by atoms with Crippen molar-refractivity contribution in [3.63, 3.8) is 0 Å². The molecule has 2 fully saturated rings. The predicted molar refractivity (Wildman–Crippen MR) is 182 cm³/mol. The molecule has 1 aromatic heterocycles. The van der Waals surface area contributed by atoms with E-state index in [0.717, 1.165) is 64.5 Å². The lowest BCUT2D eigenvalue weighted by Gasteiger charge is -2.25.